The molecule has 3 nitrogen and oxygen atoms in total. The van der Waals surface area contributed by atoms with Crippen LogP contribution in [0.1, 0.15) is 25.7 Å². The largest absolute Gasteiger partial charge is 0.250 e. The molecule has 2 rings (SSSR count). The topological polar surface area (TPSA) is 46.2 Å². The maximum Gasteiger partial charge on any atom is 0.250 e. The predicted octanol–water partition coefficient (Wildman–Crippen LogP) is 3.39. The molecule has 17 heavy (non-hydrogen) atoms. The number of sulfonamides is 1. The van der Waals surface area contributed by atoms with Gasteiger partial charge in [0.25, 0.3) is 0 Å². The van der Waals surface area contributed by atoms with E-state index in [1.54, 1.807) is 12.1 Å². The number of hydrogen-bond donors (Lipinski definition) is 1. The first kappa shape index (κ1) is 13.8. The van der Waals surface area contributed by atoms with Gasteiger partial charge in [-0.05, 0) is 37.8 Å². The molecule has 7 heteroatoms. The number of thiophene rings is 1. The smallest absolute Gasteiger partial charge is 0.207 e. The molecule has 0 radical (unpaired) electrons. The molecule has 0 bridgehead atoms. The van der Waals surface area contributed by atoms with Crippen molar-refractivity contribution in [1.82, 2.24) is 4.72 Å². The van der Waals surface area contributed by atoms with Gasteiger partial charge in [-0.25, -0.2) is 13.1 Å². The van der Waals surface area contributed by atoms with Gasteiger partial charge in [-0.1, -0.05) is 27.5 Å². The fourth-order valence-electron chi connectivity index (χ4n) is 1.89. The lowest BCUT2D eigenvalue weighted by molar-refractivity contribution is 0.423. The van der Waals surface area contributed by atoms with Crippen LogP contribution in [0.2, 0.25) is 4.34 Å². The van der Waals surface area contributed by atoms with E-state index in [0.717, 1.165) is 37.0 Å². The van der Waals surface area contributed by atoms with Crippen LogP contribution < -0.4 is 4.72 Å². The van der Waals surface area contributed by atoms with E-state index in [4.69, 9.17) is 11.6 Å². The van der Waals surface area contributed by atoms with Crippen molar-refractivity contribution in [2.45, 2.75) is 40.8 Å². The summed E-state index contributed by atoms with van der Waals surface area (Å²) >= 11 is 10.4. The molecule has 1 aromatic rings. The van der Waals surface area contributed by atoms with Gasteiger partial charge in [0.15, 0.2) is 0 Å². The summed E-state index contributed by atoms with van der Waals surface area (Å²) in [6, 6.07) is 3.21. The highest BCUT2D eigenvalue weighted by atomic mass is 79.9. The van der Waals surface area contributed by atoms with Crippen molar-refractivity contribution in [2.24, 2.45) is 0 Å². The normalized spacial score (nSPS) is 26.0. The molecule has 1 fully saturated rings. The Morgan fingerprint density at radius 1 is 1.29 bits per heavy atom. The molecule has 1 heterocycles. The summed E-state index contributed by atoms with van der Waals surface area (Å²) < 4.78 is 27.6. The lowest BCUT2D eigenvalue weighted by Gasteiger charge is -2.25. The molecular weight excluding hydrogens is 346 g/mol. The Morgan fingerprint density at radius 2 is 1.94 bits per heavy atom. The Morgan fingerprint density at radius 3 is 2.47 bits per heavy atom. The molecule has 0 unspecified atom stereocenters. The van der Waals surface area contributed by atoms with Gasteiger partial charge in [-0.3, -0.25) is 0 Å². The summed E-state index contributed by atoms with van der Waals surface area (Å²) in [6.07, 6.45) is 3.79. The predicted molar refractivity (Wildman–Crippen MR) is 74.6 cm³/mol. The second kappa shape index (κ2) is 5.57. The van der Waals surface area contributed by atoms with E-state index in [2.05, 4.69) is 20.7 Å². The van der Waals surface area contributed by atoms with E-state index in [0.29, 0.717) is 13.4 Å². The molecule has 96 valence electrons. The molecule has 1 saturated carbocycles. The van der Waals surface area contributed by atoms with Gasteiger partial charge in [-0.2, -0.15) is 0 Å². The Balaban J connectivity index is 2.03. The SMILES string of the molecule is O=S(=O)(NC1CCC(Br)CC1)c1ccc(Cl)s1. The molecule has 0 spiro atoms. The molecule has 0 saturated heterocycles. The Labute approximate surface area is 119 Å². The molecule has 0 aromatic carbocycles. The minimum atomic E-state index is -3.39. The van der Waals surface area contributed by atoms with Gasteiger partial charge in [0.1, 0.15) is 4.21 Å². The fraction of sp³-hybridized carbons (Fsp3) is 0.600. The highest BCUT2D eigenvalue weighted by molar-refractivity contribution is 9.09. The third kappa shape index (κ3) is 3.67. The van der Waals surface area contributed by atoms with Crippen LogP contribution >= 0.6 is 38.9 Å². The molecule has 0 amide bonds. The summed E-state index contributed by atoms with van der Waals surface area (Å²) in [5.41, 5.74) is 0. The molecule has 1 aliphatic carbocycles. The van der Waals surface area contributed by atoms with Crippen LogP contribution in [0.15, 0.2) is 16.3 Å². The lowest BCUT2D eigenvalue weighted by Crippen LogP contribution is -2.37. The minimum Gasteiger partial charge on any atom is -0.207 e. The van der Waals surface area contributed by atoms with E-state index < -0.39 is 10.0 Å². The maximum atomic E-state index is 12.0. The van der Waals surface area contributed by atoms with Crippen molar-refractivity contribution in [3.05, 3.63) is 16.5 Å². The van der Waals surface area contributed by atoms with E-state index >= 15 is 0 Å². The van der Waals surface area contributed by atoms with Gasteiger partial charge in [0.2, 0.25) is 10.0 Å². The minimum absolute atomic E-state index is 0.0506. The summed E-state index contributed by atoms with van der Waals surface area (Å²) in [4.78, 5) is 0.527. The van der Waals surface area contributed by atoms with E-state index in [1.165, 1.54) is 0 Å². The van der Waals surface area contributed by atoms with Gasteiger partial charge in [0.05, 0.1) is 4.34 Å². The third-order valence-electron chi connectivity index (χ3n) is 2.79. The monoisotopic (exact) mass is 357 g/mol. The molecule has 1 aliphatic rings. The summed E-state index contributed by atoms with van der Waals surface area (Å²) in [6.45, 7) is 0. The number of nitrogens with one attached hydrogen (secondary N) is 1. The van der Waals surface area contributed by atoms with Crippen LogP contribution in [-0.2, 0) is 10.0 Å². The van der Waals surface area contributed by atoms with Crippen LogP contribution in [0, 0.1) is 0 Å². The second-order valence-corrected chi connectivity index (χ2v) is 9.08. The summed E-state index contributed by atoms with van der Waals surface area (Å²) in [7, 11) is -3.39. The first-order valence-electron chi connectivity index (χ1n) is 5.39. The Bertz CT molecular complexity index is 480. The third-order valence-corrected chi connectivity index (χ3v) is 6.95. The van der Waals surface area contributed by atoms with E-state index in [-0.39, 0.29) is 6.04 Å². The second-order valence-electron chi connectivity index (χ2n) is 4.13. The van der Waals surface area contributed by atoms with Crippen molar-refractivity contribution >= 4 is 48.9 Å². The zero-order chi connectivity index (χ0) is 12.5. The Hall–Kier alpha value is 0.380. The van der Waals surface area contributed by atoms with E-state index in [9.17, 15) is 8.42 Å². The first-order valence-corrected chi connectivity index (χ1v) is 8.98. The van der Waals surface area contributed by atoms with Gasteiger partial charge < -0.3 is 0 Å². The van der Waals surface area contributed by atoms with Crippen molar-refractivity contribution in [2.75, 3.05) is 0 Å². The van der Waals surface area contributed by atoms with Gasteiger partial charge in [-0.15, -0.1) is 11.3 Å². The lowest BCUT2D eigenvalue weighted by atomic mass is 9.96. The average molecular weight is 359 g/mol. The van der Waals surface area contributed by atoms with Crippen molar-refractivity contribution in [1.29, 1.82) is 0 Å². The highest BCUT2D eigenvalue weighted by Crippen LogP contribution is 2.28. The molecule has 0 aliphatic heterocycles. The number of halogens is 2. The fourth-order valence-corrected chi connectivity index (χ4v) is 5.22. The highest BCUT2D eigenvalue weighted by Gasteiger charge is 2.25. The standard InChI is InChI=1S/C10H13BrClNO2S2/c11-7-1-3-8(4-2-7)13-17(14,15)10-6-5-9(12)16-10/h5-8,13H,1-4H2. The van der Waals surface area contributed by atoms with Crippen LogP contribution in [-0.4, -0.2) is 19.3 Å². The average Bonchev–Trinajstić information content (AvgIpc) is 2.69. The quantitative estimate of drug-likeness (QED) is 0.842. The molecule has 0 atom stereocenters. The summed E-state index contributed by atoms with van der Waals surface area (Å²) in [5.74, 6) is 0. The van der Waals surface area contributed by atoms with Crippen LogP contribution in [0.4, 0.5) is 0 Å². The number of hydrogen-bond acceptors (Lipinski definition) is 3. The van der Waals surface area contributed by atoms with Gasteiger partial charge in [0, 0.05) is 10.9 Å². The molecule has 1 N–H and O–H groups in total. The Kier molecular flexibility index (Phi) is 4.52. The molecular formula is C10H13BrClNO2S2. The number of rotatable bonds is 3. The summed E-state index contributed by atoms with van der Waals surface area (Å²) in [5, 5.41) is 0. The van der Waals surface area contributed by atoms with Crippen molar-refractivity contribution in [3.63, 3.8) is 0 Å². The first-order chi connectivity index (χ1) is 7.97. The van der Waals surface area contributed by atoms with E-state index in [1.807, 2.05) is 0 Å². The van der Waals surface area contributed by atoms with Crippen LogP contribution in [0.5, 0.6) is 0 Å². The zero-order valence-corrected chi connectivity index (χ0v) is 13.0. The maximum absolute atomic E-state index is 12.0. The molecule has 1 aromatic heterocycles. The van der Waals surface area contributed by atoms with Crippen molar-refractivity contribution < 1.29 is 8.42 Å². The number of alkyl halides is 1. The van der Waals surface area contributed by atoms with Gasteiger partial charge >= 0.3 is 0 Å². The van der Waals surface area contributed by atoms with Crippen LogP contribution in [0.3, 0.4) is 0 Å². The van der Waals surface area contributed by atoms with Crippen molar-refractivity contribution in [3.8, 4) is 0 Å². The van der Waals surface area contributed by atoms with Crippen LogP contribution in [0.25, 0.3) is 0 Å². The zero-order valence-electron chi connectivity index (χ0n) is 9.03.